The van der Waals surface area contributed by atoms with Crippen molar-refractivity contribution in [3.8, 4) is 11.1 Å². The van der Waals surface area contributed by atoms with Gasteiger partial charge in [-0.2, -0.15) is 0 Å². The quantitative estimate of drug-likeness (QED) is 0.714. The molecular weight excluding hydrogens is 198 g/mol. The average molecular weight is 211 g/mol. The molecule has 0 N–H and O–H groups in total. The zero-order chi connectivity index (χ0) is 11.5. The van der Waals surface area contributed by atoms with Gasteiger partial charge in [-0.3, -0.25) is 9.78 Å². The lowest BCUT2D eigenvalue weighted by Crippen LogP contribution is -1.91. The van der Waals surface area contributed by atoms with Crippen molar-refractivity contribution in [2.45, 2.75) is 13.8 Å². The first-order chi connectivity index (χ1) is 7.68. The molecule has 2 rings (SSSR count). The Morgan fingerprint density at radius 3 is 2.38 bits per heavy atom. The van der Waals surface area contributed by atoms with Crippen molar-refractivity contribution in [1.82, 2.24) is 4.98 Å². The molecule has 1 heterocycles. The monoisotopic (exact) mass is 211 g/mol. The Morgan fingerprint density at radius 1 is 1.12 bits per heavy atom. The van der Waals surface area contributed by atoms with E-state index in [-0.39, 0.29) is 5.78 Å². The summed E-state index contributed by atoms with van der Waals surface area (Å²) in [6, 6.07) is 9.64. The van der Waals surface area contributed by atoms with Crippen molar-refractivity contribution in [2.75, 3.05) is 0 Å². The van der Waals surface area contributed by atoms with Crippen LogP contribution in [0.2, 0.25) is 0 Å². The van der Waals surface area contributed by atoms with E-state index in [1.807, 2.05) is 43.5 Å². The molecule has 0 amide bonds. The van der Waals surface area contributed by atoms with Crippen LogP contribution in [0.1, 0.15) is 22.8 Å². The summed E-state index contributed by atoms with van der Waals surface area (Å²) in [5.41, 5.74) is 4.16. The third-order valence-electron chi connectivity index (χ3n) is 2.62. The SMILES string of the molecule is CC(=O)c1ccc(-c2ccncc2C)cc1. The number of aromatic nitrogens is 1. The minimum atomic E-state index is 0.0954. The number of carbonyl (C=O) groups excluding carboxylic acids is 1. The van der Waals surface area contributed by atoms with Gasteiger partial charge in [-0.1, -0.05) is 24.3 Å². The molecule has 0 unspecified atom stereocenters. The molecule has 0 saturated heterocycles. The van der Waals surface area contributed by atoms with E-state index in [0.29, 0.717) is 0 Å². The van der Waals surface area contributed by atoms with E-state index in [9.17, 15) is 4.79 Å². The first kappa shape index (κ1) is 10.6. The molecule has 0 radical (unpaired) electrons. The highest BCUT2D eigenvalue weighted by Gasteiger charge is 2.02. The number of pyridine rings is 1. The second-order valence-corrected chi connectivity index (χ2v) is 3.82. The fourth-order valence-electron chi connectivity index (χ4n) is 1.68. The van der Waals surface area contributed by atoms with Crippen LogP contribution in [0.4, 0.5) is 0 Å². The third-order valence-corrected chi connectivity index (χ3v) is 2.62. The molecule has 0 aliphatic heterocycles. The van der Waals surface area contributed by atoms with Gasteiger partial charge in [0.25, 0.3) is 0 Å². The van der Waals surface area contributed by atoms with E-state index in [4.69, 9.17) is 0 Å². The Bertz CT molecular complexity index is 515. The van der Waals surface area contributed by atoms with Crippen LogP contribution < -0.4 is 0 Å². The van der Waals surface area contributed by atoms with Crippen molar-refractivity contribution in [2.24, 2.45) is 0 Å². The van der Waals surface area contributed by atoms with Crippen molar-refractivity contribution in [1.29, 1.82) is 0 Å². The number of benzene rings is 1. The number of carbonyl (C=O) groups is 1. The van der Waals surface area contributed by atoms with Crippen molar-refractivity contribution < 1.29 is 4.79 Å². The van der Waals surface area contributed by atoms with Gasteiger partial charge in [-0.05, 0) is 36.6 Å². The van der Waals surface area contributed by atoms with E-state index in [1.165, 1.54) is 0 Å². The number of hydrogen-bond acceptors (Lipinski definition) is 2. The maximum absolute atomic E-state index is 11.2. The molecular formula is C14H13NO. The van der Waals surface area contributed by atoms with E-state index in [0.717, 1.165) is 22.3 Å². The first-order valence-corrected chi connectivity index (χ1v) is 5.20. The molecule has 2 nitrogen and oxygen atoms in total. The van der Waals surface area contributed by atoms with E-state index in [2.05, 4.69) is 4.98 Å². The lowest BCUT2D eigenvalue weighted by molar-refractivity contribution is 0.101. The molecule has 2 heteroatoms. The molecule has 0 spiro atoms. The van der Waals surface area contributed by atoms with Crippen molar-refractivity contribution in [3.63, 3.8) is 0 Å². The number of ketones is 1. The maximum atomic E-state index is 11.2. The fraction of sp³-hybridized carbons (Fsp3) is 0.143. The van der Waals surface area contributed by atoms with Gasteiger partial charge in [0, 0.05) is 18.0 Å². The van der Waals surface area contributed by atoms with Crippen LogP contribution in [-0.2, 0) is 0 Å². The van der Waals surface area contributed by atoms with Crippen LogP contribution >= 0.6 is 0 Å². The molecule has 0 saturated carbocycles. The van der Waals surface area contributed by atoms with Crippen molar-refractivity contribution >= 4 is 5.78 Å². The maximum Gasteiger partial charge on any atom is 0.159 e. The summed E-state index contributed by atoms with van der Waals surface area (Å²) in [6.45, 7) is 3.61. The molecule has 16 heavy (non-hydrogen) atoms. The minimum Gasteiger partial charge on any atom is -0.295 e. The van der Waals surface area contributed by atoms with Crippen LogP contribution in [-0.4, -0.2) is 10.8 Å². The Hall–Kier alpha value is -1.96. The average Bonchev–Trinajstić information content (AvgIpc) is 2.30. The fourth-order valence-corrected chi connectivity index (χ4v) is 1.68. The van der Waals surface area contributed by atoms with Crippen LogP contribution in [0.3, 0.4) is 0 Å². The summed E-state index contributed by atoms with van der Waals surface area (Å²) < 4.78 is 0. The predicted molar refractivity (Wildman–Crippen MR) is 64.4 cm³/mol. The number of hydrogen-bond donors (Lipinski definition) is 0. The highest BCUT2D eigenvalue weighted by molar-refractivity contribution is 5.94. The first-order valence-electron chi connectivity index (χ1n) is 5.20. The standard InChI is InChI=1S/C14H13NO/c1-10-9-15-8-7-14(10)13-5-3-12(4-6-13)11(2)16/h3-9H,1-2H3. The predicted octanol–water partition coefficient (Wildman–Crippen LogP) is 3.26. The topological polar surface area (TPSA) is 30.0 Å². The van der Waals surface area contributed by atoms with Gasteiger partial charge in [0.1, 0.15) is 0 Å². The Kier molecular flexibility index (Phi) is 2.82. The van der Waals surface area contributed by atoms with Crippen LogP contribution in [0.15, 0.2) is 42.7 Å². The van der Waals surface area contributed by atoms with Gasteiger partial charge >= 0.3 is 0 Å². The second kappa shape index (κ2) is 4.27. The van der Waals surface area contributed by atoms with Gasteiger partial charge in [-0.25, -0.2) is 0 Å². The number of rotatable bonds is 2. The molecule has 0 aliphatic rings. The Balaban J connectivity index is 2.43. The zero-order valence-electron chi connectivity index (χ0n) is 9.40. The summed E-state index contributed by atoms with van der Waals surface area (Å²) in [5.74, 6) is 0.0954. The lowest BCUT2D eigenvalue weighted by Gasteiger charge is -2.05. The normalized spacial score (nSPS) is 10.1. The largest absolute Gasteiger partial charge is 0.295 e. The summed E-state index contributed by atoms with van der Waals surface area (Å²) in [7, 11) is 0. The number of nitrogens with zero attached hydrogens (tertiary/aromatic N) is 1. The van der Waals surface area contributed by atoms with E-state index >= 15 is 0 Å². The van der Waals surface area contributed by atoms with Crippen LogP contribution in [0, 0.1) is 6.92 Å². The third kappa shape index (κ3) is 2.01. The van der Waals surface area contributed by atoms with Gasteiger partial charge < -0.3 is 0 Å². The highest BCUT2D eigenvalue weighted by atomic mass is 16.1. The molecule has 1 aromatic carbocycles. The molecule has 0 bridgehead atoms. The summed E-state index contributed by atoms with van der Waals surface area (Å²) in [5, 5.41) is 0. The lowest BCUT2D eigenvalue weighted by atomic mass is 10.0. The van der Waals surface area contributed by atoms with Gasteiger partial charge in [0.05, 0.1) is 0 Å². The summed E-state index contributed by atoms with van der Waals surface area (Å²) in [6.07, 6.45) is 3.62. The summed E-state index contributed by atoms with van der Waals surface area (Å²) in [4.78, 5) is 15.2. The zero-order valence-corrected chi connectivity index (χ0v) is 9.40. The summed E-state index contributed by atoms with van der Waals surface area (Å²) >= 11 is 0. The van der Waals surface area contributed by atoms with Crippen molar-refractivity contribution in [3.05, 3.63) is 53.9 Å². The molecule has 0 aliphatic carbocycles. The second-order valence-electron chi connectivity index (χ2n) is 3.82. The van der Waals surface area contributed by atoms with Crippen LogP contribution in [0.25, 0.3) is 11.1 Å². The van der Waals surface area contributed by atoms with E-state index < -0.39 is 0 Å². The minimum absolute atomic E-state index is 0.0954. The molecule has 1 aromatic heterocycles. The Labute approximate surface area is 95.0 Å². The molecule has 80 valence electrons. The van der Waals surface area contributed by atoms with E-state index in [1.54, 1.807) is 13.1 Å². The highest BCUT2D eigenvalue weighted by Crippen LogP contribution is 2.22. The molecule has 0 fully saturated rings. The van der Waals surface area contributed by atoms with Gasteiger partial charge in [0.2, 0.25) is 0 Å². The van der Waals surface area contributed by atoms with Gasteiger partial charge in [-0.15, -0.1) is 0 Å². The van der Waals surface area contributed by atoms with Gasteiger partial charge in [0.15, 0.2) is 5.78 Å². The molecule has 0 atom stereocenters. The molecule has 2 aromatic rings. The number of Topliss-reactive ketones (excluding diaryl/α,β-unsaturated/α-hetero) is 1. The van der Waals surface area contributed by atoms with Crippen LogP contribution in [0.5, 0.6) is 0 Å². The smallest absolute Gasteiger partial charge is 0.159 e. The number of aryl methyl sites for hydroxylation is 1. The Morgan fingerprint density at radius 2 is 1.81 bits per heavy atom.